The highest BCUT2D eigenvalue weighted by molar-refractivity contribution is 9.10. The van der Waals surface area contributed by atoms with Crippen LogP contribution in [0.1, 0.15) is 11.1 Å². The van der Waals surface area contributed by atoms with Gasteiger partial charge in [-0.3, -0.25) is 0 Å². The number of sulfonamides is 1. The van der Waals surface area contributed by atoms with Crippen LogP contribution in [0.3, 0.4) is 0 Å². The van der Waals surface area contributed by atoms with Crippen molar-refractivity contribution in [2.75, 3.05) is 5.73 Å². The molecule has 0 unspecified atom stereocenters. The van der Waals surface area contributed by atoms with Crippen LogP contribution < -0.4 is 10.5 Å². The normalized spacial score (nSPS) is 11.5. The molecule has 3 N–H and O–H groups in total. The zero-order valence-corrected chi connectivity index (χ0v) is 13.3. The van der Waals surface area contributed by atoms with Gasteiger partial charge in [-0.25, -0.2) is 13.1 Å². The summed E-state index contributed by atoms with van der Waals surface area (Å²) in [4.78, 5) is 0.176. The zero-order valence-electron chi connectivity index (χ0n) is 10.9. The third-order valence-electron chi connectivity index (χ3n) is 2.92. The first-order valence-electron chi connectivity index (χ1n) is 5.99. The molecule has 0 spiro atoms. The summed E-state index contributed by atoms with van der Waals surface area (Å²) in [6.45, 7) is 2.07. The average molecular weight is 355 g/mol. The molecule has 0 fully saturated rings. The van der Waals surface area contributed by atoms with Crippen LogP contribution >= 0.6 is 15.9 Å². The van der Waals surface area contributed by atoms with Crippen LogP contribution in [0.2, 0.25) is 0 Å². The van der Waals surface area contributed by atoms with Crippen molar-refractivity contribution in [3.05, 3.63) is 58.1 Å². The number of anilines is 1. The first kappa shape index (κ1) is 15.0. The number of nitrogen functional groups attached to an aromatic ring is 1. The van der Waals surface area contributed by atoms with Crippen molar-refractivity contribution < 1.29 is 8.42 Å². The standard InChI is InChI=1S/C14H15BrN2O2S/c1-10-5-6-13(8-14(10)16)20(18,19)17-9-11-3-2-4-12(15)7-11/h2-8,17H,9,16H2,1H3. The van der Waals surface area contributed by atoms with Crippen molar-refractivity contribution in [3.63, 3.8) is 0 Å². The Labute approximate surface area is 127 Å². The molecular formula is C14H15BrN2O2S. The summed E-state index contributed by atoms with van der Waals surface area (Å²) in [5.41, 5.74) is 7.95. The first-order valence-corrected chi connectivity index (χ1v) is 8.26. The van der Waals surface area contributed by atoms with Gasteiger partial charge >= 0.3 is 0 Å². The van der Waals surface area contributed by atoms with Crippen molar-refractivity contribution in [2.45, 2.75) is 18.4 Å². The highest BCUT2D eigenvalue weighted by Gasteiger charge is 2.14. The van der Waals surface area contributed by atoms with Gasteiger partial charge in [-0.1, -0.05) is 34.1 Å². The highest BCUT2D eigenvalue weighted by atomic mass is 79.9. The van der Waals surface area contributed by atoms with E-state index in [1.165, 1.54) is 6.07 Å². The SMILES string of the molecule is Cc1ccc(S(=O)(=O)NCc2cccc(Br)c2)cc1N. The molecule has 6 heteroatoms. The van der Waals surface area contributed by atoms with Crippen LogP contribution in [0.4, 0.5) is 5.69 Å². The van der Waals surface area contributed by atoms with Crippen molar-refractivity contribution in [1.82, 2.24) is 4.72 Å². The number of aryl methyl sites for hydroxylation is 1. The number of rotatable bonds is 4. The third kappa shape index (κ3) is 3.59. The number of halogens is 1. The van der Waals surface area contributed by atoms with E-state index in [2.05, 4.69) is 20.7 Å². The number of hydrogen-bond acceptors (Lipinski definition) is 3. The van der Waals surface area contributed by atoms with Crippen LogP contribution in [0.5, 0.6) is 0 Å². The molecule has 0 aliphatic heterocycles. The minimum absolute atomic E-state index is 0.176. The Kier molecular flexibility index (Phi) is 4.47. The van der Waals surface area contributed by atoms with Gasteiger partial charge in [0.2, 0.25) is 10.0 Å². The molecule has 2 rings (SSSR count). The maximum Gasteiger partial charge on any atom is 0.240 e. The number of hydrogen-bond donors (Lipinski definition) is 2. The van der Waals surface area contributed by atoms with E-state index in [0.717, 1.165) is 15.6 Å². The van der Waals surface area contributed by atoms with Crippen molar-refractivity contribution in [1.29, 1.82) is 0 Å². The van der Waals surface area contributed by atoms with Crippen molar-refractivity contribution in [3.8, 4) is 0 Å². The van der Waals surface area contributed by atoms with Crippen molar-refractivity contribution in [2.24, 2.45) is 0 Å². The topological polar surface area (TPSA) is 72.2 Å². The minimum atomic E-state index is -3.56. The van der Waals surface area contributed by atoms with E-state index in [1.807, 2.05) is 31.2 Å². The fourth-order valence-corrected chi connectivity index (χ4v) is 3.19. The predicted octanol–water partition coefficient (Wildman–Crippen LogP) is 2.82. The van der Waals surface area contributed by atoms with Gasteiger partial charge in [0.1, 0.15) is 0 Å². The van der Waals surface area contributed by atoms with Crippen LogP contribution in [0, 0.1) is 6.92 Å². The van der Waals surface area contributed by atoms with Gasteiger partial charge in [0.05, 0.1) is 4.90 Å². The molecule has 4 nitrogen and oxygen atoms in total. The molecule has 2 aromatic rings. The Hall–Kier alpha value is -1.37. The van der Waals surface area contributed by atoms with Crippen LogP contribution in [-0.4, -0.2) is 8.42 Å². The van der Waals surface area contributed by atoms with E-state index < -0.39 is 10.0 Å². The molecule has 0 atom stereocenters. The maximum atomic E-state index is 12.2. The van der Waals surface area contributed by atoms with Gasteiger partial charge in [0, 0.05) is 16.7 Å². The van der Waals surface area contributed by atoms with E-state index >= 15 is 0 Å². The molecule has 0 saturated carbocycles. The third-order valence-corrected chi connectivity index (χ3v) is 4.81. The molecule has 0 bridgehead atoms. The molecule has 2 aromatic carbocycles. The van der Waals surface area contributed by atoms with Gasteiger partial charge in [0.25, 0.3) is 0 Å². The van der Waals surface area contributed by atoms with E-state index in [-0.39, 0.29) is 11.4 Å². The van der Waals surface area contributed by atoms with Gasteiger partial charge in [-0.05, 0) is 42.3 Å². The summed E-state index contributed by atoms with van der Waals surface area (Å²) in [6.07, 6.45) is 0. The fourth-order valence-electron chi connectivity index (χ4n) is 1.69. The van der Waals surface area contributed by atoms with Crippen molar-refractivity contribution >= 4 is 31.6 Å². The molecule has 0 amide bonds. The lowest BCUT2D eigenvalue weighted by Gasteiger charge is -2.09. The Bertz CT molecular complexity index is 730. The largest absolute Gasteiger partial charge is 0.398 e. The second kappa shape index (κ2) is 5.95. The lowest BCUT2D eigenvalue weighted by Crippen LogP contribution is -2.23. The van der Waals surface area contributed by atoms with E-state index in [4.69, 9.17) is 5.73 Å². The zero-order chi connectivity index (χ0) is 14.8. The van der Waals surface area contributed by atoms with E-state index in [9.17, 15) is 8.42 Å². The van der Waals surface area contributed by atoms with Crippen LogP contribution in [0.15, 0.2) is 51.8 Å². The fraction of sp³-hybridized carbons (Fsp3) is 0.143. The summed E-state index contributed by atoms with van der Waals surface area (Å²) in [7, 11) is -3.56. The molecular weight excluding hydrogens is 340 g/mol. The smallest absolute Gasteiger partial charge is 0.240 e. The van der Waals surface area contributed by atoms with Gasteiger partial charge in [0.15, 0.2) is 0 Å². The minimum Gasteiger partial charge on any atom is -0.398 e. The summed E-state index contributed by atoms with van der Waals surface area (Å²) in [6, 6.07) is 12.2. The second-order valence-electron chi connectivity index (χ2n) is 4.47. The van der Waals surface area contributed by atoms with Gasteiger partial charge in [-0.2, -0.15) is 0 Å². The molecule has 0 aliphatic carbocycles. The second-order valence-corrected chi connectivity index (χ2v) is 7.16. The predicted molar refractivity (Wildman–Crippen MR) is 83.8 cm³/mol. The monoisotopic (exact) mass is 354 g/mol. The molecule has 0 aromatic heterocycles. The molecule has 0 aliphatic rings. The number of nitrogens with one attached hydrogen (secondary N) is 1. The van der Waals surface area contributed by atoms with Gasteiger partial charge < -0.3 is 5.73 Å². The van der Waals surface area contributed by atoms with E-state index in [1.54, 1.807) is 12.1 Å². The summed E-state index contributed by atoms with van der Waals surface area (Å²) < 4.78 is 27.8. The molecule has 0 saturated heterocycles. The summed E-state index contributed by atoms with van der Waals surface area (Å²) >= 11 is 3.35. The maximum absolute atomic E-state index is 12.2. The lowest BCUT2D eigenvalue weighted by molar-refractivity contribution is 0.581. The lowest BCUT2D eigenvalue weighted by atomic mass is 10.2. The Morgan fingerprint density at radius 1 is 1.20 bits per heavy atom. The Balaban J connectivity index is 2.17. The molecule has 0 heterocycles. The summed E-state index contributed by atoms with van der Waals surface area (Å²) in [5, 5.41) is 0. The average Bonchev–Trinajstić information content (AvgIpc) is 2.40. The number of benzene rings is 2. The van der Waals surface area contributed by atoms with Crippen LogP contribution in [-0.2, 0) is 16.6 Å². The highest BCUT2D eigenvalue weighted by Crippen LogP contribution is 2.18. The number of nitrogens with two attached hydrogens (primary N) is 1. The first-order chi connectivity index (χ1) is 9.38. The van der Waals surface area contributed by atoms with Gasteiger partial charge in [-0.15, -0.1) is 0 Å². The van der Waals surface area contributed by atoms with Crippen LogP contribution in [0.25, 0.3) is 0 Å². The molecule has 106 valence electrons. The Morgan fingerprint density at radius 3 is 2.60 bits per heavy atom. The Morgan fingerprint density at radius 2 is 1.95 bits per heavy atom. The molecule has 0 radical (unpaired) electrons. The van der Waals surface area contributed by atoms with E-state index in [0.29, 0.717) is 5.69 Å². The summed E-state index contributed by atoms with van der Waals surface area (Å²) in [5.74, 6) is 0. The molecule has 20 heavy (non-hydrogen) atoms. The quantitative estimate of drug-likeness (QED) is 0.829.